The summed E-state index contributed by atoms with van der Waals surface area (Å²) in [5.74, 6) is -3.25. The normalized spacial score (nSPS) is 28.6. The van der Waals surface area contributed by atoms with Gasteiger partial charge in [0, 0.05) is 31.0 Å². The molecule has 2 fully saturated rings. The maximum Gasteiger partial charge on any atom is 0.273 e. The number of ether oxygens (including phenoxy) is 1. The Hall–Kier alpha value is -3.56. The van der Waals surface area contributed by atoms with Gasteiger partial charge < -0.3 is 15.0 Å². The fraction of sp³-hybridized carbons (Fsp3) is 0.417. The van der Waals surface area contributed by atoms with E-state index in [-0.39, 0.29) is 18.6 Å². The van der Waals surface area contributed by atoms with Crippen LogP contribution in [-0.4, -0.2) is 51.1 Å². The molecule has 2 N–H and O–H groups in total. The fourth-order valence-electron chi connectivity index (χ4n) is 5.39. The first-order chi connectivity index (χ1) is 16.1. The largest absolute Gasteiger partial charge is 0.474 e. The molecule has 3 aliphatic rings. The van der Waals surface area contributed by atoms with Crippen molar-refractivity contribution in [3.05, 3.63) is 47.7 Å². The third-order valence-corrected chi connectivity index (χ3v) is 7.36. The molecule has 176 valence electrons. The van der Waals surface area contributed by atoms with Gasteiger partial charge in [-0.2, -0.15) is 5.10 Å². The first-order valence-electron chi connectivity index (χ1n) is 11.2. The lowest BCUT2D eigenvalue weighted by molar-refractivity contribution is -0.131. The van der Waals surface area contributed by atoms with Crippen LogP contribution in [0.15, 0.2) is 36.5 Å². The summed E-state index contributed by atoms with van der Waals surface area (Å²) >= 11 is 0. The topological polar surface area (TPSA) is 100 Å². The monoisotopic (exact) mass is 467 g/mol. The molecule has 2 saturated carbocycles. The highest BCUT2D eigenvalue weighted by Crippen LogP contribution is 2.56. The van der Waals surface area contributed by atoms with E-state index in [1.54, 1.807) is 18.3 Å². The number of aromatic amines is 1. The third kappa shape index (κ3) is 2.93. The molecular weight excluding hydrogens is 444 g/mol. The average Bonchev–Trinajstić information content (AvgIpc) is 3.07. The van der Waals surface area contributed by atoms with E-state index in [4.69, 9.17) is 4.74 Å². The Bertz CT molecular complexity index is 1350. The van der Waals surface area contributed by atoms with Gasteiger partial charge in [-0.25, -0.2) is 13.8 Å². The third-order valence-electron chi connectivity index (χ3n) is 7.36. The van der Waals surface area contributed by atoms with Crippen LogP contribution in [0.4, 0.5) is 14.5 Å². The summed E-state index contributed by atoms with van der Waals surface area (Å²) in [6.07, 6.45) is 1.90. The van der Waals surface area contributed by atoms with Gasteiger partial charge in [-0.15, -0.1) is 0 Å². The van der Waals surface area contributed by atoms with Crippen LogP contribution in [0.2, 0.25) is 0 Å². The molecule has 1 spiro atoms. The Morgan fingerprint density at radius 3 is 2.79 bits per heavy atom. The molecule has 3 heterocycles. The molecule has 8 nitrogen and oxygen atoms in total. The van der Waals surface area contributed by atoms with Crippen molar-refractivity contribution in [1.29, 1.82) is 0 Å². The van der Waals surface area contributed by atoms with Crippen LogP contribution in [0.25, 0.3) is 11.0 Å². The minimum atomic E-state index is -2.92. The Balaban J connectivity index is 1.22. The summed E-state index contributed by atoms with van der Waals surface area (Å²) in [5.41, 5.74) is 1.65. The summed E-state index contributed by atoms with van der Waals surface area (Å²) < 4.78 is 33.2. The fourth-order valence-corrected chi connectivity index (χ4v) is 5.39. The van der Waals surface area contributed by atoms with Gasteiger partial charge in [-0.05, 0) is 37.1 Å². The molecule has 2 aromatic heterocycles. The number of carbonyl (C=O) groups is 2. The quantitative estimate of drug-likeness (QED) is 0.601. The predicted molar refractivity (Wildman–Crippen MR) is 119 cm³/mol. The maximum atomic E-state index is 13.6. The molecule has 0 saturated heterocycles. The maximum absolute atomic E-state index is 13.6. The van der Waals surface area contributed by atoms with Gasteiger partial charge in [0.05, 0.1) is 17.1 Å². The van der Waals surface area contributed by atoms with Crippen molar-refractivity contribution in [1.82, 2.24) is 20.5 Å². The van der Waals surface area contributed by atoms with Gasteiger partial charge in [0.25, 0.3) is 5.92 Å². The van der Waals surface area contributed by atoms with Crippen LogP contribution in [0.5, 0.6) is 5.88 Å². The van der Waals surface area contributed by atoms with Crippen molar-refractivity contribution in [2.75, 3.05) is 11.4 Å². The molecule has 1 aromatic carbocycles. The van der Waals surface area contributed by atoms with Crippen LogP contribution in [0.1, 0.15) is 37.3 Å². The number of nitrogens with zero attached hydrogens (tertiary/aromatic N) is 3. The van der Waals surface area contributed by atoms with E-state index in [2.05, 4.69) is 20.5 Å². The summed E-state index contributed by atoms with van der Waals surface area (Å²) in [4.78, 5) is 32.1. The summed E-state index contributed by atoms with van der Waals surface area (Å²) in [6.45, 7) is 2.96. The van der Waals surface area contributed by atoms with Gasteiger partial charge in [-0.3, -0.25) is 14.7 Å². The highest BCUT2D eigenvalue weighted by Gasteiger charge is 2.69. The Kier molecular flexibility index (Phi) is 4.16. The van der Waals surface area contributed by atoms with Gasteiger partial charge >= 0.3 is 0 Å². The predicted octanol–water partition coefficient (Wildman–Crippen LogP) is 3.01. The molecule has 2 aliphatic carbocycles. The Morgan fingerprint density at radius 2 is 2.06 bits per heavy atom. The Morgan fingerprint density at radius 1 is 1.29 bits per heavy atom. The number of aryl methyl sites for hydroxylation is 1. The number of alkyl halides is 2. The van der Waals surface area contributed by atoms with Crippen LogP contribution in [0, 0.1) is 6.92 Å². The van der Waals surface area contributed by atoms with Gasteiger partial charge in [0.1, 0.15) is 23.7 Å². The number of hydrogen-bond donors (Lipinski definition) is 2. The number of pyridine rings is 1. The van der Waals surface area contributed by atoms with E-state index in [0.29, 0.717) is 29.9 Å². The molecule has 2 amide bonds. The second-order valence-corrected chi connectivity index (χ2v) is 9.80. The molecule has 3 aromatic rings. The first kappa shape index (κ1) is 21.0. The molecule has 0 radical (unpaired) electrons. The standard InChI is InChI=1S/C24H23F2N5O3/c1-13-4-3-5-17-20(13)23(21(33)31(17)11-18(32)29-22(2)12-24(22,25)26)8-14(9-23)34-19-7-6-15-16(28-19)10-27-30-15/h3-7,10,14H,8-9,11-12H2,1-2H3,(H,27,30)(H,29,32). The van der Waals surface area contributed by atoms with Crippen molar-refractivity contribution >= 4 is 28.5 Å². The van der Waals surface area contributed by atoms with Crippen LogP contribution < -0.4 is 15.0 Å². The summed E-state index contributed by atoms with van der Waals surface area (Å²) in [5, 5.41) is 9.20. The molecule has 1 aliphatic heterocycles. The van der Waals surface area contributed by atoms with Crippen molar-refractivity contribution in [2.45, 2.75) is 56.1 Å². The second-order valence-electron chi connectivity index (χ2n) is 9.80. The number of rotatable bonds is 5. The van der Waals surface area contributed by atoms with E-state index >= 15 is 0 Å². The minimum Gasteiger partial charge on any atom is -0.474 e. The smallest absolute Gasteiger partial charge is 0.273 e. The second kappa shape index (κ2) is 6.74. The van der Waals surface area contributed by atoms with Crippen molar-refractivity contribution in [3.8, 4) is 5.88 Å². The Labute approximate surface area is 193 Å². The zero-order chi connectivity index (χ0) is 23.9. The number of fused-ring (bicyclic) bond motifs is 3. The van der Waals surface area contributed by atoms with E-state index in [9.17, 15) is 18.4 Å². The average molecular weight is 467 g/mol. The minimum absolute atomic E-state index is 0.197. The van der Waals surface area contributed by atoms with E-state index in [1.165, 1.54) is 11.8 Å². The van der Waals surface area contributed by atoms with Crippen molar-refractivity contribution < 1.29 is 23.1 Å². The number of aromatic nitrogens is 3. The number of anilines is 1. The molecule has 0 bridgehead atoms. The number of carbonyl (C=O) groups excluding carboxylic acids is 2. The van der Waals surface area contributed by atoms with Crippen LogP contribution >= 0.6 is 0 Å². The first-order valence-corrected chi connectivity index (χ1v) is 11.2. The number of hydrogen-bond acceptors (Lipinski definition) is 5. The van der Waals surface area contributed by atoms with E-state index < -0.39 is 29.2 Å². The molecule has 1 atom stereocenters. The van der Waals surface area contributed by atoms with Crippen LogP contribution in [0.3, 0.4) is 0 Å². The zero-order valence-electron chi connectivity index (χ0n) is 18.7. The number of nitrogens with one attached hydrogen (secondary N) is 2. The lowest BCUT2D eigenvalue weighted by Crippen LogP contribution is -2.55. The van der Waals surface area contributed by atoms with Crippen LogP contribution in [-0.2, 0) is 15.0 Å². The molecule has 1 unspecified atom stereocenters. The zero-order valence-corrected chi connectivity index (χ0v) is 18.7. The number of benzene rings is 1. The number of H-pyrrole nitrogens is 1. The van der Waals surface area contributed by atoms with Crippen molar-refractivity contribution in [2.24, 2.45) is 0 Å². The summed E-state index contributed by atoms with van der Waals surface area (Å²) in [7, 11) is 0. The van der Waals surface area contributed by atoms with Gasteiger partial charge in [0.2, 0.25) is 17.7 Å². The lowest BCUT2D eigenvalue weighted by atomic mass is 9.62. The highest BCUT2D eigenvalue weighted by atomic mass is 19.3. The molecular formula is C24H23F2N5O3. The van der Waals surface area contributed by atoms with E-state index in [0.717, 1.165) is 16.6 Å². The molecule has 34 heavy (non-hydrogen) atoms. The SMILES string of the molecule is Cc1cccc2c1C1(CC(Oc3ccc4[nH]ncc4n3)C1)C(=O)N2CC(=O)NC1(C)CC1(F)F. The number of halogens is 2. The summed E-state index contributed by atoms with van der Waals surface area (Å²) in [6, 6.07) is 9.16. The van der Waals surface area contributed by atoms with Gasteiger partial charge in [0.15, 0.2) is 0 Å². The van der Waals surface area contributed by atoms with Gasteiger partial charge in [-0.1, -0.05) is 12.1 Å². The molecule has 10 heteroatoms. The lowest BCUT2D eigenvalue weighted by Gasteiger charge is -2.43. The number of amides is 2. The van der Waals surface area contributed by atoms with E-state index in [1.807, 2.05) is 25.1 Å². The highest BCUT2D eigenvalue weighted by molar-refractivity contribution is 6.11. The van der Waals surface area contributed by atoms with Crippen molar-refractivity contribution in [3.63, 3.8) is 0 Å². The molecule has 6 rings (SSSR count).